The maximum Gasteiger partial charge on any atom is 0.255 e. The van der Waals surface area contributed by atoms with E-state index in [-0.39, 0.29) is 12.0 Å². The van der Waals surface area contributed by atoms with Gasteiger partial charge in [0.05, 0.1) is 11.8 Å². The fourth-order valence-electron chi connectivity index (χ4n) is 2.90. The summed E-state index contributed by atoms with van der Waals surface area (Å²) in [5, 5.41) is 14.0. The highest BCUT2D eigenvalue weighted by Crippen LogP contribution is 2.19. The molecule has 1 atom stereocenters. The molecule has 27 heavy (non-hydrogen) atoms. The summed E-state index contributed by atoms with van der Waals surface area (Å²) < 4.78 is 12.8. The van der Waals surface area contributed by atoms with E-state index >= 15 is 0 Å². The summed E-state index contributed by atoms with van der Waals surface area (Å²) in [5.74, 6) is 0.437. The van der Waals surface area contributed by atoms with Crippen LogP contribution in [0.1, 0.15) is 23.2 Å². The lowest BCUT2D eigenvalue weighted by molar-refractivity contribution is 0.0679. The average Bonchev–Trinajstić information content (AvgIpc) is 3.41. The highest BCUT2D eigenvalue weighted by Gasteiger charge is 2.16. The first-order valence-corrected chi connectivity index (χ1v) is 8.77. The topological polar surface area (TPSA) is 91.2 Å². The maximum atomic E-state index is 12.6. The van der Waals surface area contributed by atoms with Crippen LogP contribution in [0.15, 0.2) is 54.9 Å². The Bertz CT molecular complexity index is 907. The van der Waals surface area contributed by atoms with Crippen LogP contribution in [0.4, 0.5) is 5.69 Å². The first-order valence-electron chi connectivity index (χ1n) is 8.77. The van der Waals surface area contributed by atoms with Gasteiger partial charge in [0, 0.05) is 17.9 Å². The van der Waals surface area contributed by atoms with Gasteiger partial charge in [-0.15, -0.1) is 5.10 Å². The second kappa shape index (κ2) is 7.96. The lowest BCUT2D eigenvalue weighted by Gasteiger charge is -2.12. The number of nitrogens with zero attached hydrogens (tertiary/aromatic N) is 4. The molecule has 4 rings (SSSR count). The summed E-state index contributed by atoms with van der Waals surface area (Å²) in [4.78, 5) is 12.6. The Morgan fingerprint density at radius 2 is 2.19 bits per heavy atom. The Morgan fingerprint density at radius 3 is 3.00 bits per heavy atom. The molecule has 0 aliphatic carbocycles. The van der Waals surface area contributed by atoms with E-state index in [0.717, 1.165) is 25.1 Å². The van der Waals surface area contributed by atoms with Gasteiger partial charge < -0.3 is 14.8 Å². The third kappa shape index (κ3) is 4.29. The minimum atomic E-state index is -0.216. The standard InChI is InChI=1S/C19H19N5O3/c25-19(21-15-5-2-6-16(11-15)24-13-20-22-23-24)14-4-1-7-17(10-14)27-12-18-8-3-9-26-18/h1-2,4-7,10-11,13,18H,3,8-9,12H2,(H,21,25). The molecule has 8 nitrogen and oxygen atoms in total. The molecule has 0 bridgehead atoms. The van der Waals surface area contributed by atoms with E-state index in [0.29, 0.717) is 23.6 Å². The molecule has 1 N–H and O–H groups in total. The SMILES string of the molecule is O=C(Nc1cccc(-n2cnnn2)c1)c1cccc(OCC2CCCO2)c1. The van der Waals surface area contributed by atoms with Crippen LogP contribution in [0, 0.1) is 0 Å². The molecule has 2 aromatic carbocycles. The van der Waals surface area contributed by atoms with Crippen molar-refractivity contribution in [2.45, 2.75) is 18.9 Å². The number of carbonyl (C=O) groups excluding carboxylic acids is 1. The highest BCUT2D eigenvalue weighted by atomic mass is 16.5. The molecule has 138 valence electrons. The molecule has 1 aromatic heterocycles. The number of nitrogens with one attached hydrogen (secondary N) is 1. The van der Waals surface area contributed by atoms with E-state index in [4.69, 9.17) is 9.47 Å². The largest absolute Gasteiger partial charge is 0.491 e. The number of hydrogen-bond acceptors (Lipinski definition) is 6. The summed E-state index contributed by atoms with van der Waals surface area (Å²) in [7, 11) is 0. The van der Waals surface area contributed by atoms with Crippen LogP contribution in [-0.2, 0) is 4.74 Å². The van der Waals surface area contributed by atoms with Crippen molar-refractivity contribution in [3.63, 3.8) is 0 Å². The van der Waals surface area contributed by atoms with Gasteiger partial charge in [-0.3, -0.25) is 4.79 Å². The normalized spacial score (nSPS) is 16.2. The monoisotopic (exact) mass is 365 g/mol. The Morgan fingerprint density at radius 1 is 1.26 bits per heavy atom. The van der Waals surface area contributed by atoms with Gasteiger partial charge in [-0.05, 0) is 59.7 Å². The number of amides is 1. The van der Waals surface area contributed by atoms with Gasteiger partial charge in [0.15, 0.2) is 0 Å². The Hall–Kier alpha value is -3.26. The molecule has 0 saturated carbocycles. The second-order valence-corrected chi connectivity index (χ2v) is 6.23. The maximum absolute atomic E-state index is 12.6. The van der Waals surface area contributed by atoms with Gasteiger partial charge >= 0.3 is 0 Å². The van der Waals surface area contributed by atoms with Crippen molar-refractivity contribution < 1.29 is 14.3 Å². The number of aromatic nitrogens is 4. The number of hydrogen-bond donors (Lipinski definition) is 1. The molecular formula is C19H19N5O3. The van der Waals surface area contributed by atoms with Crippen molar-refractivity contribution in [2.24, 2.45) is 0 Å². The fraction of sp³-hybridized carbons (Fsp3) is 0.263. The molecule has 1 unspecified atom stereocenters. The quantitative estimate of drug-likeness (QED) is 0.722. The number of ether oxygens (including phenoxy) is 2. The summed E-state index contributed by atoms with van der Waals surface area (Å²) in [5.41, 5.74) is 1.93. The summed E-state index contributed by atoms with van der Waals surface area (Å²) in [6.45, 7) is 1.29. The van der Waals surface area contributed by atoms with E-state index in [2.05, 4.69) is 20.8 Å². The molecule has 1 aliphatic rings. The third-order valence-corrected chi connectivity index (χ3v) is 4.27. The van der Waals surface area contributed by atoms with Gasteiger partial charge in [-0.1, -0.05) is 12.1 Å². The number of carbonyl (C=O) groups is 1. The van der Waals surface area contributed by atoms with E-state index < -0.39 is 0 Å². The van der Waals surface area contributed by atoms with Gasteiger partial charge in [-0.25, -0.2) is 4.68 Å². The van der Waals surface area contributed by atoms with E-state index in [1.807, 2.05) is 24.3 Å². The molecular weight excluding hydrogens is 346 g/mol. The first-order chi connectivity index (χ1) is 13.3. The molecule has 1 amide bonds. The molecule has 1 saturated heterocycles. The van der Waals surface area contributed by atoms with Crippen LogP contribution in [-0.4, -0.2) is 45.4 Å². The molecule has 8 heteroatoms. The Balaban J connectivity index is 1.42. The number of rotatable bonds is 6. The zero-order valence-electron chi connectivity index (χ0n) is 14.6. The highest BCUT2D eigenvalue weighted by molar-refractivity contribution is 6.04. The third-order valence-electron chi connectivity index (χ3n) is 4.27. The molecule has 1 aliphatic heterocycles. The minimum Gasteiger partial charge on any atom is -0.491 e. The smallest absolute Gasteiger partial charge is 0.255 e. The van der Waals surface area contributed by atoms with Crippen LogP contribution in [0.5, 0.6) is 5.75 Å². The van der Waals surface area contributed by atoms with Gasteiger partial charge in [0.2, 0.25) is 0 Å². The first kappa shape index (κ1) is 17.2. The molecule has 2 heterocycles. The molecule has 0 radical (unpaired) electrons. The molecule has 0 spiro atoms. The molecule has 1 fully saturated rings. The number of anilines is 1. The van der Waals surface area contributed by atoms with Gasteiger partial charge in [0.1, 0.15) is 18.7 Å². The van der Waals surface area contributed by atoms with Crippen molar-refractivity contribution in [3.05, 3.63) is 60.4 Å². The van der Waals surface area contributed by atoms with Gasteiger partial charge in [0.25, 0.3) is 5.91 Å². The lowest BCUT2D eigenvalue weighted by Crippen LogP contribution is -2.17. The van der Waals surface area contributed by atoms with Crippen molar-refractivity contribution in [1.29, 1.82) is 0 Å². The van der Waals surface area contributed by atoms with Crippen LogP contribution < -0.4 is 10.1 Å². The predicted molar refractivity (Wildman–Crippen MR) is 98.0 cm³/mol. The summed E-state index contributed by atoms with van der Waals surface area (Å²) in [6.07, 6.45) is 3.71. The number of tetrazole rings is 1. The van der Waals surface area contributed by atoms with Crippen molar-refractivity contribution >= 4 is 11.6 Å². The lowest BCUT2D eigenvalue weighted by atomic mass is 10.2. The van der Waals surface area contributed by atoms with E-state index in [1.165, 1.54) is 11.0 Å². The van der Waals surface area contributed by atoms with Crippen LogP contribution >= 0.6 is 0 Å². The summed E-state index contributed by atoms with van der Waals surface area (Å²) >= 11 is 0. The van der Waals surface area contributed by atoms with Crippen LogP contribution in [0.2, 0.25) is 0 Å². The predicted octanol–water partition coefficient (Wildman–Crippen LogP) is 2.47. The zero-order chi connectivity index (χ0) is 18.5. The van der Waals surface area contributed by atoms with Crippen molar-refractivity contribution in [2.75, 3.05) is 18.5 Å². The van der Waals surface area contributed by atoms with E-state index in [1.54, 1.807) is 24.3 Å². The number of benzene rings is 2. The summed E-state index contributed by atoms with van der Waals surface area (Å²) in [6, 6.07) is 14.4. The van der Waals surface area contributed by atoms with Crippen LogP contribution in [0.3, 0.4) is 0 Å². The van der Waals surface area contributed by atoms with Crippen molar-refractivity contribution in [1.82, 2.24) is 20.2 Å². The second-order valence-electron chi connectivity index (χ2n) is 6.23. The Labute approximate surface area is 156 Å². The van der Waals surface area contributed by atoms with Crippen LogP contribution in [0.25, 0.3) is 5.69 Å². The molecule has 3 aromatic rings. The van der Waals surface area contributed by atoms with E-state index in [9.17, 15) is 4.79 Å². The Kier molecular flexibility index (Phi) is 5.06. The van der Waals surface area contributed by atoms with Crippen molar-refractivity contribution in [3.8, 4) is 11.4 Å². The minimum absolute atomic E-state index is 0.136. The zero-order valence-corrected chi connectivity index (χ0v) is 14.6. The van der Waals surface area contributed by atoms with Gasteiger partial charge in [-0.2, -0.15) is 0 Å². The average molecular weight is 365 g/mol. The fourth-order valence-corrected chi connectivity index (χ4v) is 2.90.